The zero-order valence-corrected chi connectivity index (χ0v) is 11.8. The Morgan fingerprint density at radius 3 is 2.47 bits per heavy atom. The Kier molecular flexibility index (Phi) is 4.84. The monoisotopic (exact) mass is 340 g/mol. The van der Waals surface area contributed by atoms with Crippen LogP contribution in [-0.2, 0) is 17.4 Å². The number of ether oxygens (including phenoxy) is 1. The van der Waals surface area contributed by atoms with Crippen molar-refractivity contribution in [3.63, 3.8) is 0 Å². The van der Waals surface area contributed by atoms with E-state index in [-0.39, 0.29) is 22.2 Å². The summed E-state index contributed by atoms with van der Waals surface area (Å²) in [7, 11) is 1.15. The SMILES string of the molecule is COc1c(Br)cc(CC(C)C(=O)O)cc1C(F)(F)F. The maximum absolute atomic E-state index is 12.9. The summed E-state index contributed by atoms with van der Waals surface area (Å²) in [5, 5.41) is 8.78. The smallest absolute Gasteiger partial charge is 0.420 e. The van der Waals surface area contributed by atoms with Gasteiger partial charge in [-0.05, 0) is 40.0 Å². The minimum Gasteiger partial charge on any atom is -0.495 e. The molecular weight excluding hydrogens is 329 g/mol. The molecule has 0 aliphatic rings. The van der Waals surface area contributed by atoms with Gasteiger partial charge in [0, 0.05) is 0 Å². The maximum atomic E-state index is 12.9. The number of hydrogen-bond acceptors (Lipinski definition) is 2. The summed E-state index contributed by atoms with van der Waals surface area (Å²) in [4.78, 5) is 10.7. The van der Waals surface area contributed by atoms with Crippen LogP contribution in [0.25, 0.3) is 0 Å². The third-order valence-corrected chi connectivity index (χ3v) is 3.17. The molecule has 0 saturated heterocycles. The molecular formula is C12H12BrF3O3. The summed E-state index contributed by atoms with van der Waals surface area (Å²) < 4.78 is 43.5. The van der Waals surface area contributed by atoms with Crippen LogP contribution in [0, 0.1) is 5.92 Å². The minimum absolute atomic E-state index is 0.0149. The molecule has 0 aliphatic heterocycles. The molecule has 1 rings (SSSR count). The molecule has 0 heterocycles. The van der Waals surface area contributed by atoms with Crippen LogP contribution in [-0.4, -0.2) is 18.2 Å². The maximum Gasteiger partial charge on any atom is 0.420 e. The first kappa shape index (κ1) is 15.8. The number of benzene rings is 1. The Balaban J connectivity index is 3.24. The van der Waals surface area contributed by atoms with Gasteiger partial charge in [0.15, 0.2) is 0 Å². The van der Waals surface area contributed by atoms with Gasteiger partial charge in [0.25, 0.3) is 0 Å². The molecule has 106 valence electrons. The molecule has 1 atom stereocenters. The zero-order chi connectivity index (χ0) is 14.8. The average Bonchev–Trinajstić information content (AvgIpc) is 2.26. The van der Waals surface area contributed by atoms with Gasteiger partial charge in [0.05, 0.1) is 23.1 Å². The molecule has 1 aromatic rings. The second kappa shape index (κ2) is 5.81. The Bertz CT molecular complexity index is 486. The van der Waals surface area contributed by atoms with Crippen LogP contribution in [0.2, 0.25) is 0 Å². The first-order chi connectivity index (χ1) is 8.66. The Morgan fingerprint density at radius 2 is 2.05 bits per heavy atom. The standard InChI is InChI=1S/C12H12BrF3O3/c1-6(11(17)18)3-7-4-8(12(14,15)16)10(19-2)9(13)5-7/h4-6H,3H2,1-2H3,(H,17,18). The van der Waals surface area contributed by atoms with Crippen LogP contribution < -0.4 is 4.74 Å². The molecule has 1 N–H and O–H groups in total. The fourth-order valence-corrected chi connectivity index (χ4v) is 2.30. The van der Waals surface area contributed by atoms with E-state index in [2.05, 4.69) is 15.9 Å². The van der Waals surface area contributed by atoms with E-state index < -0.39 is 23.6 Å². The number of rotatable bonds is 4. The van der Waals surface area contributed by atoms with E-state index in [0.717, 1.165) is 13.2 Å². The molecule has 0 spiro atoms. The number of aliphatic carboxylic acids is 1. The molecule has 19 heavy (non-hydrogen) atoms. The Hall–Kier alpha value is -1.24. The van der Waals surface area contributed by atoms with Crippen molar-refractivity contribution in [1.29, 1.82) is 0 Å². The van der Waals surface area contributed by atoms with Crippen LogP contribution in [0.4, 0.5) is 13.2 Å². The summed E-state index contributed by atoms with van der Waals surface area (Å²) in [6, 6.07) is 2.36. The summed E-state index contributed by atoms with van der Waals surface area (Å²) in [6.07, 6.45) is -4.54. The first-order valence-electron chi connectivity index (χ1n) is 5.33. The topological polar surface area (TPSA) is 46.5 Å². The first-order valence-corrected chi connectivity index (χ1v) is 6.12. The Morgan fingerprint density at radius 1 is 1.47 bits per heavy atom. The van der Waals surface area contributed by atoms with Crippen molar-refractivity contribution in [2.45, 2.75) is 19.5 Å². The van der Waals surface area contributed by atoms with E-state index in [1.165, 1.54) is 13.0 Å². The van der Waals surface area contributed by atoms with Gasteiger partial charge >= 0.3 is 12.1 Å². The molecule has 1 aromatic carbocycles. The summed E-state index contributed by atoms with van der Waals surface area (Å²) >= 11 is 3.01. The second-order valence-corrected chi connectivity index (χ2v) is 4.95. The van der Waals surface area contributed by atoms with Crippen molar-refractivity contribution in [3.8, 4) is 5.75 Å². The molecule has 3 nitrogen and oxygen atoms in total. The van der Waals surface area contributed by atoms with Gasteiger partial charge in [-0.3, -0.25) is 4.79 Å². The van der Waals surface area contributed by atoms with Gasteiger partial charge < -0.3 is 9.84 Å². The molecule has 0 saturated carbocycles. The van der Waals surface area contributed by atoms with E-state index in [1.807, 2.05) is 0 Å². The summed E-state index contributed by atoms with van der Waals surface area (Å²) in [6.45, 7) is 1.44. The van der Waals surface area contributed by atoms with Crippen molar-refractivity contribution in [2.24, 2.45) is 5.92 Å². The predicted molar refractivity (Wildman–Crippen MR) is 66.2 cm³/mol. The largest absolute Gasteiger partial charge is 0.495 e. The Labute approximate surface area is 116 Å². The molecule has 7 heteroatoms. The van der Waals surface area contributed by atoms with Gasteiger partial charge in [-0.15, -0.1) is 0 Å². The van der Waals surface area contributed by atoms with Crippen LogP contribution >= 0.6 is 15.9 Å². The van der Waals surface area contributed by atoms with Crippen LogP contribution in [0.5, 0.6) is 5.75 Å². The van der Waals surface area contributed by atoms with Crippen molar-refractivity contribution < 1.29 is 27.8 Å². The molecule has 0 aliphatic carbocycles. The number of methoxy groups -OCH3 is 1. The number of carbonyl (C=O) groups is 1. The van der Waals surface area contributed by atoms with Crippen molar-refractivity contribution in [3.05, 3.63) is 27.7 Å². The lowest BCUT2D eigenvalue weighted by molar-refractivity contribution is -0.141. The average molecular weight is 341 g/mol. The van der Waals surface area contributed by atoms with Crippen LogP contribution in [0.15, 0.2) is 16.6 Å². The number of hydrogen-bond donors (Lipinski definition) is 1. The second-order valence-electron chi connectivity index (χ2n) is 4.10. The molecule has 0 amide bonds. The lowest BCUT2D eigenvalue weighted by Gasteiger charge is -2.16. The van der Waals surface area contributed by atoms with Crippen molar-refractivity contribution in [1.82, 2.24) is 0 Å². The molecule has 0 bridgehead atoms. The van der Waals surface area contributed by atoms with Gasteiger partial charge in [-0.1, -0.05) is 6.92 Å². The van der Waals surface area contributed by atoms with Gasteiger partial charge in [0.2, 0.25) is 0 Å². The fraction of sp³-hybridized carbons (Fsp3) is 0.417. The van der Waals surface area contributed by atoms with E-state index in [1.54, 1.807) is 0 Å². The third-order valence-electron chi connectivity index (χ3n) is 2.58. The lowest BCUT2D eigenvalue weighted by Crippen LogP contribution is -2.14. The molecule has 0 radical (unpaired) electrons. The van der Waals surface area contributed by atoms with Gasteiger partial charge in [-0.2, -0.15) is 13.2 Å². The molecule has 1 unspecified atom stereocenters. The van der Waals surface area contributed by atoms with E-state index in [0.29, 0.717) is 0 Å². The number of halogens is 4. The van der Waals surface area contributed by atoms with Gasteiger partial charge in [0.1, 0.15) is 5.75 Å². The highest BCUT2D eigenvalue weighted by atomic mass is 79.9. The van der Waals surface area contributed by atoms with Gasteiger partial charge in [-0.25, -0.2) is 0 Å². The lowest BCUT2D eigenvalue weighted by atomic mass is 9.99. The zero-order valence-electron chi connectivity index (χ0n) is 10.2. The van der Waals surface area contributed by atoms with Crippen molar-refractivity contribution >= 4 is 21.9 Å². The predicted octanol–water partition coefficient (Wildman–Crippen LogP) is 3.74. The van der Waals surface area contributed by atoms with E-state index >= 15 is 0 Å². The third kappa shape index (κ3) is 3.86. The summed E-state index contributed by atoms with van der Waals surface area (Å²) in [5.74, 6) is -2.12. The fourth-order valence-electron chi connectivity index (χ4n) is 1.63. The van der Waals surface area contributed by atoms with E-state index in [4.69, 9.17) is 9.84 Å². The number of carboxylic acids is 1. The summed E-state index contributed by atoms with van der Waals surface area (Å²) in [5.41, 5.74) is -0.633. The highest BCUT2D eigenvalue weighted by molar-refractivity contribution is 9.10. The minimum atomic E-state index is -4.56. The molecule has 0 fully saturated rings. The van der Waals surface area contributed by atoms with Crippen LogP contribution in [0.1, 0.15) is 18.1 Å². The highest BCUT2D eigenvalue weighted by Crippen LogP contribution is 2.41. The quantitative estimate of drug-likeness (QED) is 0.908. The molecule has 0 aromatic heterocycles. The number of carboxylic acid groups (broad SMARTS) is 1. The number of alkyl halides is 3. The van der Waals surface area contributed by atoms with Crippen LogP contribution in [0.3, 0.4) is 0 Å². The highest BCUT2D eigenvalue weighted by Gasteiger charge is 2.35. The normalized spacial score (nSPS) is 13.2. The van der Waals surface area contributed by atoms with Crippen molar-refractivity contribution in [2.75, 3.05) is 7.11 Å². The van der Waals surface area contributed by atoms with E-state index in [9.17, 15) is 18.0 Å².